The predicted molar refractivity (Wildman–Crippen MR) is 114 cm³/mol. The number of hydrogen-bond donors (Lipinski definition) is 3. The Bertz CT molecular complexity index is 945. The fourth-order valence-corrected chi connectivity index (χ4v) is 3.24. The van der Waals surface area contributed by atoms with Gasteiger partial charge in [-0.3, -0.25) is 4.79 Å². The summed E-state index contributed by atoms with van der Waals surface area (Å²) in [5.41, 5.74) is 6.10. The minimum Gasteiger partial charge on any atom is -0.444 e. The summed E-state index contributed by atoms with van der Waals surface area (Å²) in [4.78, 5) is 29.2. The van der Waals surface area contributed by atoms with Crippen molar-refractivity contribution in [1.29, 1.82) is 5.41 Å². The fraction of sp³-hybridized carbons (Fsp3) is 0.476. The Morgan fingerprint density at radius 2 is 2.06 bits per heavy atom. The van der Waals surface area contributed by atoms with Crippen molar-refractivity contribution >= 4 is 23.3 Å². The molecule has 10 nitrogen and oxygen atoms in total. The molecular formula is C21H28N6O4. The van der Waals surface area contributed by atoms with Crippen molar-refractivity contribution in [3.63, 3.8) is 0 Å². The number of hydrogen-bond acceptors (Lipinski definition) is 8. The summed E-state index contributed by atoms with van der Waals surface area (Å²) in [7, 11) is 0. The van der Waals surface area contributed by atoms with Gasteiger partial charge in [-0.15, -0.1) is 0 Å². The van der Waals surface area contributed by atoms with Crippen LogP contribution in [-0.2, 0) is 9.53 Å². The Labute approximate surface area is 180 Å². The molecule has 0 radical (unpaired) electrons. The molecule has 31 heavy (non-hydrogen) atoms. The largest absolute Gasteiger partial charge is 0.444 e. The van der Waals surface area contributed by atoms with Crippen molar-refractivity contribution in [1.82, 2.24) is 20.4 Å². The number of amides is 2. The molecule has 0 unspecified atom stereocenters. The molecule has 0 saturated carbocycles. The number of carbonyl (C=O) groups is 2. The average Bonchev–Trinajstić information content (AvgIpc) is 3.18. The Kier molecular flexibility index (Phi) is 6.57. The zero-order valence-corrected chi connectivity index (χ0v) is 18.0. The van der Waals surface area contributed by atoms with Crippen LogP contribution in [0.2, 0.25) is 0 Å². The van der Waals surface area contributed by atoms with Gasteiger partial charge in [0.15, 0.2) is 0 Å². The van der Waals surface area contributed by atoms with E-state index in [1.54, 1.807) is 29.3 Å². The molecule has 2 heterocycles. The van der Waals surface area contributed by atoms with Gasteiger partial charge in [-0.1, -0.05) is 17.3 Å². The Balaban J connectivity index is 1.58. The van der Waals surface area contributed by atoms with E-state index in [-0.39, 0.29) is 24.3 Å². The van der Waals surface area contributed by atoms with E-state index in [4.69, 9.17) is 20.4 Å². The van der Waals surface area contributed by atoms with Gasteiger partial charge in [-0.25, -0.2) is 4.79 Å². The molecule has 1 aliphatic carbocycles. The number of carbonyl (C=O) groups excluding carboxylic acids is 2. The van der Waals surface area contributed by atoms with Crippen molar-refractivity contribution in [2.75, 3.05) is 19.6 Å². The molecule has 0 aromatic carbocycles. The van der Waals surface area contributed by atoms with E-state index in [9.17, 15) is 9.59 Å². The average molecular weight is 428 g/mol. The first-order valence-electron chi connectivity index (χ1n) is 10.1. The molecule has 10 heteroatoms. The summed E-state index contributed by atoms with van der Waals surface area (Å²) in [6.45, 7) is 6.68. The van der Waals surface area contributed by atoms with Crippen LogP contribution in [0.15, 0.2) is 34.5 Å². The maximum Gasteiger partial charge on any atom is 0.410 e. The zero-order chi connectivity index (χ0) is 22.6. The topological polar surface area (TPSA) is 147 Å². The van der Waals surface area contributed by atoms with E-state index >= 15 is 0 Å². The van der Waals surface area contributed by atoms with Crippen molar-refractivity contribution in [2.24, 2.45) is 5.73 Å². The number of nitrogens with one attached hydrogen (secondary N) is 2. The van der Waals surface area contributed by atoms with E-state index in [1.807, 2.05) is 20.8 Å². The molecule has 0 spiro atoms. The summed E-state index contributed by atoms with van der Waals surface area (Å²) >= 11 is 0. The van der Waals surface area contributed by atoms with Gasteiger partial charge in [0, 0.05) is 36.4 Å². The maximum atomic E-state index is 12.2. The molecule has 1 aromatic heterocycles. The molecule has 1 fully saturated rings. The number of allylic oxidation sites excluding steroid dienone is 5. The molecule has 1 aliphatic heterocycles. The Morgan fingerprint density at radius 3 is 2.68 bits per heavy atom. The Morgan fingerprint density at radius 1 is 1.35 bits per heavy atom. The van der Waals surface area contributed by atoms with Crippen LogP contribution < -0.4 is 11.1 Å². The summed E-state index contributed by atoms with van der Waals surface area (Å²) in [5.74, 6) is 0.538. The number of likely N-dealkylation sites (tertiary alicyclic amines) is 1. The lowest BCUT2D eigenvalue weighted by Crippen LogP contribution is -2.41. The van der Waals surface area contributed by atoms with E-state index in [0.717, 1.165) is 0 Å². The van der Waals surface area contributed by atoms with Crippen LogP contribution in [-0.4, -0.2) is 58.0 Å². The molecule has 2 aliphatic rings. The van der Waals surface area contributed by atoms with Crippen molar-refractivity contribution in [2.45, 2.75) is 45.1 Å². The standard InChI is InChI=1S/C21H28N6O4/c1-21(2,3)30-20(29)27-8-6-13(7-9-27)19-25-18(26-31-19)14-4-5-15(16(22)10-14)11-24-12-17(23)28/h4-5,10-11,13,22,24H,6-9,12H2,1-3H3,(H2,23,28)/b15-11-,22-16?. The third-order valence-electron chi connectivity index (χ3n) is 4.78. The molecule has 1 saturated heterocycles. The molecule has 0 bridgehead atoms. The van der Waals surface area contributed by atoms with Gasteiger partial charge in [-0.2, -0.15) is 4.98 Å². The lowest BCUT2D eigenvalue weighted by atomic mass is 9.97. The van der Waals surface area contributed by atoms with Crippen LogP contribution in [0, 0.1) is 5.41 Å². The van der Waals surface area contributed by atoms with Crippen LogP contribution in [0.5, 0.6) is 0 Å². The highest BCUT2D eigenvalue weighted by molar-refractivity contribution is 6.14. The van der Waals surface area contributed by atoms with E-state index in [1.165, 1.54) is 0 Å². The summed E-state index contributed by atoms with van der Waals surface area (Å²) in [5, 5.41) is 15.0. The lowest BCUT2D eigenvalue weighted by molar-refractivity contribution is -0.117. The van der Waals surface area contributed by atoms with Crippen LogP contribution in [0.25, 0.3) is 5.57 Å². The quantitative estimate of drug-likeness (QED) is 0.650. The number of primary amides is 1. The smallest absolute Gasteiger partial charge is 0.410 e. The van der Waals surface area contributed by atoms with Gasteiger partial charge >= 0.3 is 6.09 Å². The second-order valence-corrected chi connectivity index (χ2v) is 8.49. The number of ether oxygens (including phenoxy) is 1. The Hall–Kier alpha value is -3.43. The number of rotatable bonds is 5. The maximum absolute atomic E-state index is 12.2. The second kappa shape index (κ2) is 9.15. The highest BCUT2D eigenvalue weighted by atomic mass is 16.6. The SMILES string of the molecule is CC(C)(C)OC(=O)N1CCC(c2nc(C3=CC(=N)/C(=C\NCC(N)=O)C=C3)no2)CC1. The third-order valence-corrected chi connectivity index (χ3v) is 4.78. The third kappa shape index (κ3) is 6.03. The molecular weight excluding hydrogens is 400 g/mol. The molecule has 1 aromatic rings. The summed E-state index contributed by atoms with van der Waals surface area (Å²) < 4.78 is 10.9. The predicted octanol–water partition coefficient (Wildman–Crippen LogP) is 2.12. The van der Waals surface area contributed by atoms with Gasteiger partial charge < -0.3 is 30.6 Å². The van der Waals surface area contributed by atoms with Gasteiger partial charge in [0.05, 0.1) is 12.3 Å². The van der Waals surface area contributed by atoms with Crippen LogP contribution >= 0.6 is 0 Å². The first kappa shape index (κ1) is 22.3. The summed E-state index contributed by atoms with van der Waals surface area (Å²) in [6, 6.07) is 0. The van der Waals surface area contributed by atoms with Gasteiger partial charge in [-0.05, 0) is 39.7 Å². The number of aromatic nitrogens is 2. The first-order valence-corrected chi connectivity index (χ1v) is 10.1. The van der Waals surface area contributed by atoms with Gasteiger partial charge in [0.25, 0.3) is 0 Å². The van der Waals surface area contributed by atoms with Gasteiger partial charge in [0.2, 0.25) is 17.6 Å². The van der Waals surface area contributed by atoms with E-state index in [0.29, 0.717) is 48.8 Å². The molecule has 3 rings (SSSR count). The molecule has 166 valence electrons. The normalized spacial score (nSPS) is 18.8. The number of piperidine rings is 1. The summed E-state index contributed by atoms with van der Waals surface area (Å²) in [6.07, 6.45) is 7.85. The van der Waals surface area contributed by atoms with Gasteiger partial charge in [0.1, 0.15) is 5.60 Å². The molecule has 0 atom stereocenters. The molecule has 4 N–H and O–H groups in total. The number of nitrogens with two attached hydrogens (primary N) is 1. The van der Waals surface area contributed by atoms with Crippen molar-refractivity contribution in [3.05, 3.63) is 41.7 Å². The highest BCUT2D eigenvalue weighted by Gasteiger charge is 2.30. The second-order valence-electron chi connectivity index (χ2n) is 8.49. The van der Waals surface area contributed by atoms with Crippen molar-refractivity contribution < 1.29 is 18.8 Å². The minimum atomic E-state index is -0.517. The molecule has 2 amide bonds. The minimum absolute atomic E-state index is 0.00212. The fourth-order valence-electron chi connectivity index (χ4n) is 3.24. The van der Waals surface area contributed by atoms with Crippen LogP contribution in [0.1, 0.15) is 51.2 Å². The monoisotopic (exact) mass is 428 g/mol. The number of nitrogens with zero attached hydrogens (tertiary/aromatic N) is 3. The van der Waals surface area contributed by atoms with Crippen molar-refractivity contribution in [3.8, 4) is 0 Å². The highest BCUT2D eigenvalue weighted by Crippen LogP contribution is 2.29. The van der Waals surface area contributed by atoms with Crippen LogP contribution in [0.4, 0.5) is 4.79 Å². The lowest BCUT2D eigenvalue weighted by Gasteiger charge is -2.32. The zero-order valence-electron chi connectivity index (χ0n) is 18.0. The van der Waals surface area contributed by atoms with Crippen LogP contribution in [0.3, 0.4) is 0 Å². The first-order chi connectivity index (χ1) is 14.6. The van der Waals surface area contributed by atoms with E-state index in [2.05, 4.69) is 15.5 Å². The van der Waals surface area contributed by atoms with E-state index < -0.39 is 11.5 Å².